The molecule has 3 heteroatoms. The van der Waals surface area contributed by atoms with Crippen LogP contribution in [0.25, 0.3) is 0 Å². The molecule has 1 aromatic rings. The Kier molecular flexibility index (Phi) is 5.27. The average molecular weight is 286 g/mol. The molecule has 1 aliphatic carbocycles. The molecule has 2 unspecified atom stereocenters. The summed E-state index contributed by atoms with van der Waals surface area (Å²) in [6, 6.07) is 6.43. The van der Waals surface area contributed by atoms with Gasteiger partial charge in [-0.05, 0) is 48.9 Å². The average Bonchev–Trinajstić information content (AvgIpc) is 2.53. The van der Waals surface area contributed by atoms with Crippen molar-refractivity contribution in [3.05, 3.63) is 29.3 Å². The van der Waals surface area contributed by atoms with Crippen molar-refractivity contribution in [2.24, 2.45) is 5.73 Å². The van der Waals surface area contributed by atoms with E-state index in [-0.39, 0.29) is 11.6 Å². The Labute approximate surface area is 128 Å². The minimum absolute atomic E-state index is 0.0917. The van der Waals surface area contributed by atoms with Gasteiger partial charge in [-0.15, -0.1) is 6.42 Å². The zero-order chi connectivity index (χ0) is 15.3. The second-order valence-corrected chi connectivity index (χ2v) is 5.95. The fourth-order valence-electron chi connectivity index (χ4n) is 3.18. The molecule has 1 aromatic carbocycles. The molecule has 1 aliphatic rings. The molecule has 0 spiro atoms. The number of nitrogens with one attached hydrogen (secondary N) is 1. The van der Waals surface area contributed by atoms with Crippen LogP contribution in [-0.2, 0) is 12.8 Å². The van der Waals surface area contributed by atoms with Gasteiger partial charge in [0.2, 0.25) is 0 Å². The maximum Gasteiger partial charge on any atom is 0.119 e. The molecule has 0 aliphatic heterocycles. The van der Waals surface area contributed by atoms with Gasteiger partial charge >= 0.3 is 0 Å². The molecular weight excluding hydrogens is 260 g/mol. The van der Waals surface area contributed by atoms with Crippen molar-refractivity contribution in [3.63, 3.8) is 0 Å². The normalized spacial score (nSPS) is 22.2. The molecule has 0 saturated carbocycles. The predicted molar refractivity (Wildman–Crippen MR) is 87.5 cm³/mol. The number of terminal acetylenes is 1. The summed E-state index contributed by atoms with van der Waals surface area (Å²) in [5.41, 5.74) is 8.73. The van der Waals surface area contributed by atoms with Crippen molar-refractivity contribution in [1.82, 2.24) is 5.32 Å². The van der Waals surface area contributed by atoms with Gasteiger partial charge in [0.1, 0.15) is 5.75 Å². The highest BCUT2D eigenvalue weighted by molar-refractivity contribution is 5.39. The lowest BCUT2D eigenvalue weighted by Crippen LogP contribution is -2.58. The maximum absolute atomic E-state index is 6.10. The quantitative estimate of drug-likeness (QED) is 0.789. The molecule has 2 atom stereocenters. The van der Waals surface area contributed by atoms with Crippen LogP contribution in [0.5, 0.6) is 5.75 Å². The molecule has 0 bridgehead atoms. The largest absolute Gasteiger partial charge is 0.497 e. The molecule has 0 heterocycles. The first-order valence-electron chi connectivity index (χ1n) is 7.76. The lowest BCUT2D eigenvalue weighted by Gasteiger charge is -2.40. The summed E-state index contributed by atoms with van der Waals surface area (Å²) in [7, 11) is 1.70. The summed E-state index contributed by atoms with van der Waals surface area (Å²) in [5, 5.41) is 3.65. The van der Waals surface area contributed by atoms with Gasteiger partial charge in [-0.3, -0.25) is 5.32 Å². The third-order valence-corrected chi connectivity index (χ3v) is 4.46. The fourth-order valence-corrected chi connectivity index (χ4v) is 3.18. The summed E-state index contributed by atoms with van der Waals surface area (Å²) in [6.45, 7) is 2.76. The maximum atomic E-state index is 6.10. The highest BCUT2D eigenvalue weighted by atomic mass is 16.5. The lowest BCUT2D eigenvalue weighted by atomic mass is 9.77. The van der Waals surface area contributed by atoms with E-state index in [0.29, 0.717) is 6.54 Å². The number of benzene rings is 1. The van der Waals surface area contributed by atoms with Crippen LogP contribution in [0, 0.1) is 12.3 Å². The number of hydrogen-bond donors (Lipinski definition) is 2. The number of ether oxygens (including phenoxy) is 1. The molecule has 0 fully saturated rings. The van der Waals surface area contributed by atoms with Gasteiger partial charge in [0, 0.05) is 12.1 Å². The van der Waals surface area contributed by atoms with Crippen LogP contribution < -0.4 is 15.8 Å². The van der Waals surface area contributed by atoms with E-state index in [0.717, 1.165) is 37.9 Å². The van der Waals surface area contributed by atoms with Crippen molar-refractivity contribution in [3.8, 4) is 18.1 Å². The molecule has 21 heavy (non-hydrogen) atoms. The van der Waals surface area contributed by atoms with E-state index in [1.54, 1.807) is 7.11 Å². The first-order chi connectivity index (χ1) is 10.2. The SMILES string of the molecule is C#CC(CCC)NC1(CN)CCc2ccc(OC)cc2C1. The van der Waals surface area contributed by atoms with Crippen LogP contribution in [0.1, 0.15) is 37.3 Å². The van der Waals surface area contributed by atoms with Gasteiger partial charge in [-0.25, -0.2) is 0 Å². The third-order valence-electron chi connectivity index (χ3n) is 4.46. The molecule has 0 amide bonds. The van der Waals surface area contributed by atoms with Gasteiger partial charge in [0.15, 0.2) is 0 Å². The van der Waals surface area contributed by atoms with Gasteiger partial charge < -0.3 is 10.5 Å². The molecule has 2 rings (SSSR count). The Morgan fingerprint density at radius 3 is 2.90 bits per heavy atom. The van der Waals surface area contributed by atoms with Crippen LogP contribution in [0.4, 0.5) is 0 Å². The van der Waals surface area contributed by atoms with E-state index in [1.165, 1.54) is 11.1 Å². The van der Waals surface area contributed by atoms with Crippen molar-refractivity contribution < 1.29 is 4.74 Å². The lowest BCUT2D eigenvalue weighted by molar-refractivity contribution is 0.272. The Balaban J connectivity index is 2.20. The van der Waals surface area contributed by atoms with Gasteiger partial charge in [-0.2, -0.15) is 0 Å². The number of nitrogens with two attached hydrogens (primary N) is 1. The van der Waals surface area contributed by atoms with E-state index in [2.05, 4.69) is 30.3 Å². The summed E-state index contributed by atoms with van der Waals surface area (Å²) in [4.78, 5) is 0. The fraction of sp³-hybridized carbons (Fsp3) is 0.556. The van der Waals surface area contributed by atoms with Crippen LogP contribution in [0.2, 0.25) is 0 Å². The summed E-state index contributed by atoms with van der Waals surface area (Å²) >= 11 is 0. The zero-order valence-electron chi connectivity index (χ0n) is 13.1. The van der Waals surface area contributed by atoms with Crippen LogP contribution in [0.15, 0.2) is 18.2 Å². The molecule has 114 valence electrons. The highest BCUT2D eigenvalue weighted by Gasteiger charge is 2.34. The molecule has 0 saturated heterocycles. The number of methoxy groups -OCH3 is 1. The Hall–Kier alpha value is -1.50. The Morgan fingerprint density at radius 2 is 2.29 bits per heavy atom. The van der Waals surface area contributed by atoms with Gasteiger partial charge in [-0.1, -0.05) is 25.3 Å². The molecule has 3 nitrogen and oxygen atoms in total. The van der Waals surface area contributed by atoms with E-state index >= 15 is 0 Å². The molecular formula is C18H26N2O. The van der Waals surface area contributed by atoms with Crippen molar-refractivity contribution in [2.75, 3.05) is 13.7 Å². The van der Waals surface area contributed by atoms with Crippen LogP contribution >= 0.6 is 0 Å². The van der Waals surface area contributed by atoms with Gasteiger partial charge in [0.25, 0.3) is 0 Å². The highest BCUT2D eigenvalue weighted by Crippen LogP contribution is 2.31. The van der Waals surface area contributed by atoms with E-state index in [9.17, 15) is 0 Å². The second kappa shape index (κ2) is 6.98. The summed E-state index contributed by atoms with van der Waals surface area (Å²) in [6.07, 6.45) is 10.7. The monoisotopic (exact) mass is 286 g/mol. The summed E-state index contributed by atoms with van der Waals surface area (Å²) in [5.74, 6) is 3.77. The third kappa shape index (κ3) is 3.58. The number of hydrogen-bond acceptors (Lipinski definition) is 3. The minimum atomic E-state index is -0.0917. The van der Waals surface area contributed by atoms with E-state index < -0.39 is 0 Å². The first-order valence-corrected chi connectivity index (χ1v) is 7.76. The van der Waals surface area contributed by atoms with Crippen LogP contribution in [-0.4, -0.2) is 25.2 Å². The van der Waals surface area contributed by atoms with Crippen molar-refractivity contribution in [2.45, 2.75) is 50.6 Å². The van der Waals surface area contributed by atoms with Crippen molar-refractivity contribution in [1.29, 1.82) is 0 Å². The Morgan fingerprint density at radius 1 is 1.48 bits per heavy atom. The minimum Gasteiger partial charge on any atom is -0.497 e. The summed E-state index contributed by atoms with van der Waals surface area (Å²) < 4.78 is 5.34. The number of aryl methyl sites for hydroxylation is 1. The zero-order valence-corrected chi connectivity index (χ0v) is 13.1. The van der Waals surface area contributed by atoms with E-state index in [4.69, 9.17) is 16.9 Å². The molecule has 0 aromatic heterocycles. The number of rotatable bonds is 6. The predicted octanol–water partition coefficient (Wildman–Crippen LogP) is 2.27. The van der Waals surface area contributed by atoms with Gasteiger partial charge in [0.05, 0.1) is 13.2 Å². The van der Waals surface area contributed by atoms with E-state index in [1.807, 2.05) is 6.07 Å². The first kappa shape index (κ1) is 15.9. The smallest absolute Gasteiger partial charge is 0.119 e. The topological polar surface area (TPSA) is 47.3 Å². The van der Waals surface area contributed by atoms with Crippen molar-refractivity contribution >= 4 is 0 Å². The van der Waals surface area contributed by atoms with Crippen LogP contribution in [0.3, 0.4) is 0 Å². The number of fused-ring (bicyclic) bond motifs is 1. The molecule has 3 N–H and O–H groups in total. The standard InChI is InChI=1S/C18H26N2O/c1-4-6-16(5-2)20-18(13-19)10-9-14-7-8-17(21-3)11-15(14)12-18/h2,7-8,11,16,20H,4,6,9-10,12-13,19H2,1,3H3. The molecule has 0 radical (unpaired) electrons. The Bertz CT molecular complexity index is 520. The second-order valence-electron chi connectivity index (χ2n) is 5.95.